The summed E-state index contributed by atoms with van der Waals surface area (Å²) in [6.45, 7) is 2.17. The number of methoxy groups -OCH3 is 1. The van der Waals surface area contributed by atoms with Gasteiger partial charge in [-0.05, 0) is 47.2 Å². The zero-order valence-corrected chi connectivity index (χ0v) is 16.6. The number of hydrogen-bond acceptors (Lipinski definition) is 6. The Hall–Kier alpha value is -2.68. The molecule has 1 heterocycles. The molecule has 8 nitrogen and oxygen atoms in total. The maximum absolute atomic E-state index is 12.2. The number of hydrogen-bond donors (Lipinski definition) is 1. The summed E-state index contributed by atoms with van der Waals surface area (Å²) in [6, 6.07) is 10.1. The van der Waals surface area contributed by atoms with Crippen LogP contribution in [-0.4, -0.2) is 46.1 Å². The summed E-state index contributed by atoms with van der Waals surface area (Å²) in [5.41, 5.74) is 2.03. The first-order valence-corrected chi connectivity index (χ1v) is 9.03. The van der Waals surface area contributed by atoms with E-state index in [4.69, 9.17) is 32.7 Å². The summed E-state index contributed by atoms with van der Waals surface area (Å²) in [4.78, 5) is 12.2. The monoisotopic (exact) mass is 421 g/mol. The highest BCUT2D eigenvalue weighted by molar-refractivity contribution is 6.36. The van der Waals surface area contributed by atoms with Gasteiger partial charge >= 0.3 is 6.09 Å². The third kappa shape index (κ3) is 4.98. The summed E-state index contributed by atoms with van der Waals surface area (Å²) in [7, 11) is 1.56. The lowest BCUT2D eigenvalue weighted by Crippen LogP contribution is -2.37. The van der Waals surface area contributed by atoms with E-state index in [0.717, 1.165) is 5.56 Å². The Labute approximate surface area is 171 Å². The van der Waals surface area contributed by atoms with Crippen LogP contribution in [0.2, 0.25) is 10.0 Å². The number of carbonyl (C=O) groups is 1. The molecule has 0 radical (unpaired) electrons. The zero-order valence-electron chi connectivity index (χ0n) is 15.1. The van der Waals surface area contributed by atoms with Gasteiger partial charge in [0.25, 0.3) is 0 Å². The molecule has 0 saturated carbocycles. The summed E-state index contributed by atoms with van der Waals surface area (Å²) in [5.74, 6) is 0.302. The van der Waals surface area contributed by atoms with Crippen molar-refractivity contribution in [2.45, 2.75) is 13.0 Å². The van der Waals surface area contributed by atoms with Crippen molar-refractivity contribution in [3.05, 3.63) is 52.8 Å². The molecule has 146 valence electrons. The number of nitrogens with one attached hydrogen (secondary N) is 1. The van der Waals surface area contributed by atoms with Gasteiger partial charge in [0.05, 0.1) is 18.3 Å². The molecule has 1 unspecified atom stereocenters. The number of ether oxygens (including phenoxy) is 2. The van der Waals surface area contributed by atoms with Gasteiger partial charge in [0.2, 0.25) is 0 Å². The Morgan fingerprint density at radius 3 is 2.75 bits per heavy atom. The lowest BCUT2D eigenvalue weighted by Gasteiger charge is -2.14. The highest BCUT2D eigenvalue weighted by Gasteiger charge is 2.14. The lowest BCUT2D eigenvalue weighted by atomic mass is 10.0. The second-order valence-electron chi connectivity index (χ2n) is 5.98. The van der Waals surface area contributed by atoms with Crippen LogP contribution in [-0.2, 0) is 4.74 Å². The molecular weight excluding hydrogens is 405 g/mol. The fraction of sp³-hybridized carbons (Fsp3) is 0.222. The molecule has 3 rings (SSSR count). The topological polar surface area (TPSA) is 91.2 Å². The third-order valence-corrected chi connectivity index (χ3v) is 4.29. The van der Waals surface area contributed by atoms with E-state index in [1.807, 2.05) is 6.07 Å². The first-order valence-electron chi connectivity index (χ1n) is 8.27. The van der Waals surface area contributed by atoms with E-state index in [0.29, 0.717) is 33.7 Å². The van der Waals surface area contributed by atoms with Gasteiger partial charge in [0.15, 0.2) is 0 Å². The Kier molecular flexibility index (Phi) is 6.45. The maximum atomic E-state index is 12.2. The molecule has 0 aliphatic rings. The van der Waals surface area contributed by atoms with Gasteiger partial charge in [-0.2, -0.15) is 0 Å². The quantitative estimate of drug-likeness (QED) is 0.651. The second kappa shape index (κ2) is 9.01. The van der Waals surface area contributed by atoms with E-state index in [2.05, 4.69) is 20.8 Å². The lowest BCUT2D eigenvalue weighted by molar-refractivity contribution is 0.159. The number of carbonyl (C=O) groups excluding carboxylic acids is 1. The molecule has 0 aliphatic carbocycles. The van der Waals surface area contributed by atoms with Crippen LogP contribution in [0.25, 0.3) is 16.8 Å². The molecule has 1 atom stereocenters. The SMILES string of the molecule is COCC(C)NC(=O)Oc1cc(-c2ccc(Cl)cc2Cl)cc(-n2cnnn2)c1. The van der Waals surface area contributed by atoms with Gasteiger partial charge in [-0.15, -0.1) is 5.10 Å². The smallest absolute Gasteiger partial charge is 0.410 e. The van der Waals surface area contributed by atoms with Gasteiger partial charge < -0.3 is 14.8 Å². The van der Waals surface area contributed by atoms with Crippen LogP contribution in [0.5, 0.6) is 5.75 Å². The molecule has 1 aromatic heterocycles. The third-order valence-electron chi connectivity index (χ3n) is 3.74. The van der Waals surface area contributed by atoms with Gasteiger partial charge in [0.1, 0.15) is 12.1 Å². The van der Waals surface area contributed by atoms with Crippen LogP contribution in [0.3, 0.4) is 0 Å². The molecule has 10 heteroatoms. The first-order chi connectivity index (χ1) is 13.5. The highest BCUT2D eigenvalue weighted by Crippen LogP contribution is 2.34. The van der Waals surface area contributed by atoms with E-state index in [1.165, 1.54) is 11.0 Å². The fourth-order valence-corrected chi connectivity index (χ4v) is 3.08. The van der Waals surface area contributed by atoms with Gasteiger partial charge in [-0.3, -0.25) is 0 Å². The Morgan fingerprint density at radius 1 is 1.25 bits per heavy atom. The van der Waals surface area contributed by atoms with E-state index in [-0.39, 0.29) is 6.04 Å². The predicted molar refractivity (Wildman–Crippen MR) is 105 cm³/mol. The minimum Gasteiger partial charge on any atom is -0.410 e. The first kappa shape index (κ1) is 20.1. The molecule has 2 aromatic carbocycles. The van der Waals surface area contributed by atoms with Crippen LogP contribution in [0.1, 0.15) is 6.92 Å². The van der Waals surface area contributed by atoms with Crippen molar-refractivity contribution in [3.63, 3.8) is 0 Å². The number of halogens is 2. The molecule has 0 saturated heterocycles. The molecule has 0 fully saturated rings. The van der Waals surface area contributed by atoms with Crippen molar-refractivity contribution in [1.82, 2.24) is 25.5 Å². The normalized spacial score (nSPS) is 11.9. The van der Waals surface area contributed by atoms with Crippen LogP contribution < -0.4 is 10.1 Å². The van der Waals surface area contributed by atoms with Crippen molar-refractivity contribution in [2.24, 2.45) is 0 Å². The van der Waals surface area contributed by atoms with Crippen molar-refractivity contribution in [2.75, 3.05) is 13.7 Å². The Balaban J connectivity index is 1.95. The Morgan fingerprint density at radius 2 is 2.07 bits per heavy atom. The number of benzene rings is 2. The number of rotatable bonds is 6. The van der Waals surface area contributed by atoms with E-state index < -0.39 is 6.09 Å². The summed E-state index contributed by atoms with van der Waals surface area (Å²) < 4.78 is 11.9. The molecule has 1 N–H and O–H groups in total. The minimum absolute atomic E-state index is 0.203. The van der Waals surface area contributed by atoms with Crippen LogP contribution >= 0.6 is 23.2 Å². The molecule has 0 aliphatic heterocycles. The number of tetrazole rings is 1. The molecular formula is C18H17Cl2N5O3. The van der Waals surface area contributed by atoms with Crippen molar-refractivity contribution in [3.8, 4) is 22.6 Å². The maximum Gasteiger partial charge on any atom is 0.412 e. The average molecular weight is 422 g/mol. The number of amides is 1. The van der Waals surface area contributed by atoms with Crippen molar-refractivity contribution < 1.29 is 14.3 Å². The summed E-state index contributed by atoms with van der Waals surface area (Å²) in [5, 5.41) is 14.8. The van der Waals surface area contributed by atoms with Gasteiger partial charge in [-0.25, -0.2) is 9.48 Å². The fourth-order valence-electron chi connectivity index (χ4n) is 2.56. The molecule has 1 amide bonds. The van der Waals surface area contributed by atoms with E-state index in [9.17, 15) is 4.79 Å². The van der Waals surface area contributed by atoms with E-state index in [1.54, 1.807) is 44.4 Å². The second-order valence-corrected chi connectivity index (χ2v) is 6.83. The number of nitrogens with zero attached hydrogens (tertiary/aromatic N) is 4. The summed E-state index contributed by atoms with van der Waals surface area (Å²) in [6.07, 6.45) is 0.833. The largest absolute Gasteiger partial charge is 0.412 e. The van der Waals surface area contributed by atoms with Crippen LogP contribution in [0, 0.1) is 0 Å². The van der Waals surface area contributed by atoms with Crippen LogP contribution in [0.15, 0.2) is 42.7 Å². The average Bonchev–Trinajstić information content (AvgIpc) is 3.16. The van der Waals surface area contributed by atoms with Crippen LogP contribution in [0.4, 0.5) is 4.79 Å². The van der Waals surface area contributed by atoms with E-state index >= 15 is 0 Å². The molecule has 0 spiro atoms. The Bertz CT molecular complexity index is 966. The predicted octanol–water partition coefficient (Wildman–Crippen LogP) is 3.76. The standard InChI is InChI=1S/C18H17Cl2N5O3/c1-11(9-27-2)22-18(26)28-15-6-12(16-4-3-13(19)7-17(16)20)5-14(8-15)25-10-21-23-24-25/h3-8,10-11H,9H2,1-2H3,(H,22,26). The molecule has 28 heavy (non-hydrogen) atoms. The van der Waals surface area contributed by atoms with Crippen molar-refractivity contribution in [1.29, 1.82) is 0 Å². The molecule has 0 bridgehead atoms. The van der Waals surface area contributed by atoms with Gasteiger partial charge in [0, 0.05) is 28.8 Å². The summed E-state index contributed by atoms with van der Waals surface area (Å²) >= 11 is 12.3. The zero-order chi connectivity index (χ0) is 20.1. The van der Waals surface area contributed by atoms with Crippen molar-refractivity contribution >= 4 is 29.3 Å². The minimum atomic E-state index is -0.605. The van der Waals surface area contributed by atoms with Gasteiger partial charge in [-0.1, -0.05) is 29.3 Å². The number of aromatic nitrogens is 4. The molecule has 3 aromatic rings. The highest BCUT2D eigenvalue weighted by atomic mass is 35.5.